The molecule has 6 heteroatoms. The Morgan fingerprint density at radius 3 is 2.44 bits per heavy atom. The molecule has 16 heavy (non-hydrogen) atoms. The summed E-state index contributed by atoms with van der Waals surface area (Å²) in [7, 11) is -2.02. The second kappa shape index (κ2) is 5.95. The fourth-order valence-electron chi connectivity index (χ4n) is 1.34. The Hall–Kier alpha value is -0.950. The highest BCUT2D eigenvalue weighted by Gasteiger charge is 2.18. The van der Waals surface area contributed by atoms with Crippen molar-refractivity contribution >= 4 is 10.2 Å². The summed E-state index contributed by atoms with van der Waals surface area (Å²) < 4.78 is 26.9. The van der Waals surface area contributed by atoms with E-state index in [0.29, 0.717) is 19.6 Å². The minimum Gasteiger partial charge on any atom is -0.329 e. The van der Waals surface area contributed by atoms with E-state index in [1.807, 2.05) is 30.3 Å². The van der Waals surface area contributed by atoms with Gasteiger partial charge in [0.05, 0.1) is 0 Å². The van der Waals surface area contributed by atoms with E-state index in [2.05, 4.69) is 4.72 Å². The molecule has 0 radical (unpaired) electrons. The monoisotopic (exact) mass is 243 g/mol. The molecule has 0 saturated heterocycles. The Balaban J connectivity index is 2.81. The first-order valence-electron chi connectivity index (χ1n) is 5.02. The molecule has 0 fully saturated rings. The summed E-state index contributed by atoms with van der Waals surface area (Å²) in [6.45, 7) is 0.938. The van der Waals surface area contributed by atoms with Crippen LogP contribution in [-0.2, 0) is 16.8 Å². The molecule has 0 heterocycles. The van der Waals surface area contributed by atoms with Gasteiger partial charge in [-0.3, -0.25) is 0 Å². The summed E-state index contributed by atoms with van der Waals surface area (Å²) in [6.07, 6.45) is 0. The first-order chi connectivity index (χ1) is 7.60. The molecular formula is C10H17N3O2S. The average Bonchev–Trinajstić information content (AvgIpc) is 2.30. The van der Waals surface area contributed by atoms with Crippen molar-refractivity contribution in [3.8, 4) is 0 Å². The zero-order valence-corrected chi connectivity index (χ0v) is 10.1. The van der Waals surface area contributed by atoms with E-state index in [0.717, 1.165) is 5.56 Å². The van der Waals surface area contributed by atoms with Gasteiger partial charge in [0.25, 0.3) is 10.2 Å². The van der Waals surface area contributed by atoms with E-state index in [9.17, 15) is 8.42 Å². The topological polar surface area (TPSA) is 75.4 Å². The molecule has 3 N–H and O–H groups in total. The Kier molecular flexibility index (Phi) is 4.88. The van der Waals surface area contributed by atoms with Crippen LogP contribution in [0.15, 0.2) is 30.3 Å². The van der Waals surface area contributed by atoms with E-state index >= 15 is 0 Å². The van der Waals surface area contributed by atoms with Crippen molar-refractivity contribution < 1.29 is 8.42 Å². The van der Waals surface area contributed by atoms with Crippen molar-refractivity contribution in [2.24, 2.45) is 5.73 Å². The number of rotatable bonds is 6. The zero-order chi connectivity index (χ0) is 12.0. The molecule has 0 unspecified atom stereocenters. The Morgan fingerprint density at radius 2 is 1.94 bits per heavy atom. The summed E-state index contributed by atoms with van der Waals surface area (Å²) in [5.41, 5.74) is 6.34. The van der Waals surface area contributed by atoms with E-state index in [-0.39, 0.29) is 0 Å². The van der Waals surface area contributed by atoms with Crippen LogP contribution in [0.4, 0.5) is 0 Å². The normalized spacial score (nSPS) is 11.9. The summed E-state index contributed by atoms with van der Waals surface area (Å²) in [6, 6.07) is 9.41. The van der Waals surface area contributed by atoms with Gasteiger partial charge in [-0.1, -0.05) is 30.3 Å². The number of benzene rings is 1. The Morgan fingerprint density at radius 1 is 1.31 bits per heavy atom. The van der Waals surface area contributed by atoms with Crippen LogP contribution >= 0.6 is 0 Å². The molecule has 0 spiro atoms. The van der Waals surface area contributed by atoms with Crippen molar-refractivity contribution in [3.05, 3.63) is 35.9 Å². The van der Waals surface area contributed by atoms with Gasteiger partial charge in [0, 0.05) is 26.7 Å². The molecule has 0 aliphatic carbocycles. The molecular weight excluding hydrogens is 226 g/mol. The maximum Gasteiger partial charge on any atom is 0.279 e. The number of nitrogens with two attached hydrogens (primary N) is 1. The van der Waals surface area contributed by atoms with Gasteiger partial charge in [0.2, 0.25) is 0 Å². The van der Waals surface area contributed by atoms with Crippen LogP contribution in [0, 0.1) is 0 Å². The average molecular weight is 243 g/mol. The lowest BCUT2D eigenvalue weighted by Crippen LogP contribution is -2.41. The smallest absolute Gasteiger partial charge is 0.279 e. The summed E-state index contributed by atoms with van der Waals surface area (Å²) in [5, 5.41) is 0. The van der Waals surface area contributed by atoms with Crippen molar-refractivity contribution in [2.45, 2.75) is 6.54 Å². The zero-order valence-electron chi connectivity index (χ0n) is 9.26. The predicted octanol–water partition coefficient (Wildman–Crippen LogP) is -0.0885. The van der Waals surface area contributed by atoms with Crippen molar-refractivity contribution in [1.82, 2.24) is 9.03 Å². The minimum absolute atomic E-state index is 0.299. The largest absolute Gasteiger partial charge is 0.329 e. The van der Waals surface area contributed by atoms with Crippen LogP contribution in [0.2, 0.25) is 0 Å². The third kappa shape index (κ3) is 3.57. The van der Waals surface area contributed by atoms with Crippen LogP contribution in [0.3, 0.4) is 0 Å². The van der Waals surface area contributed by atoms with Gasteiger partial charge in [-0.05, 0) is 5.56 Å². The number of hydrogen-bond acceptors (Lipinski definition) is 3. The first-order valence-corrected chi connectivity index (χ1v) is 6.47. The maximum atomic E-state index is 11.7. The quantitative estimate of drug-likeness (QED) is 0.733. The third-order valence-electron chi connectivity index (χ3n) is 2.18. The summed E-state index contributed by atoms with van der Waals surface area (Å²) in [5.74, 6) is 0. The van der Waals surface area contributed by atoms with Gasteiger partial charge >= 0.3 is 0 Å². The first kappa shape index (κ1) is 13.1. The lowest BCUT2D eigenvalue weighted by Gasteiger charge is -2.20. The molecule has 1 rings (SSSR count). The molecule has 0 aromatic heterocycles. The van der Waals surface area contributed by atoms with E-state index < -0.39 is 10.2 Å². The number of nitrogens with one attached hydrogen (secondary N) is 1. The molecule has 1 aromatic carbocycles. The van der Waals surface area contributed by atoms with Crippen LogP contribution in [0.5, 0.6) is 0 Å². The lowest BCUT2D eigenvalue weighted by molar-refractivity contribution is 0.408. The van der Waals surface area contributed by atoms with Gasteiger partial charge in [0.1, 0.15) is 0 Å². The second-order valence-corrected chi connectivity index (χ2v) is 5.19. The van der Waals surface area contributed by atoms with Crippen molar-refractivity contribution in [1.29, 1.82) is 0 Å². The highest BCUT2D eigenvalue weighted by Crippen LogP contribution is 2.06. The molecule has 0 amide bonds. The maximum absolute atomic E-state index is 11.7. The molecule has 90 valence electrons. The van der Waals surface area contributed by atoms with Gasteiger partial charge in [-0.25, -0.2) is 4.72 Å². The second-order valence-electron chi connectivity index (χ2n) is 3.32. The fourth-order valence-corrected chi connectivity index (χ4v) is 2.27. The fraction of sp³-hybridized carbons (Fsp3) is 0.400. The molecule has 0 aliphatic heterocycles. The van der Waals surface area contributed by atoms with Crippen molar-refractivity contribution in [2.75, 3.05) is 20.1 Å². The number of nitrogens with zero attached hydrogens (tertiary/aromatic N) is 1. The Labute approximate surface area is 96.4 Å². The van der Waals surface area contributed by atoms with E-state index in [1.54, 1.807) is 0 Å². The highest BCUT2D eigenvalue weighted by molar-refractivity contribution is 7.87. The van der Waals surface area contributed by atoms with Crippen LogP contribution < -0.4 is 10.5 Å². The molecule has 0 bridgehead atoms. The highest BCUT2D eigenvalue weighted by atomic mass is 32.2. The molecule has 1 aromatic rings. The van der Waals surface area contributed by atoms with E-state index in [4.69, 9.17) is 5.73 Å². The lowest BCUT2D eigenvalue weighted by atomic mass is 10.2. The molecule has 0 atom stereocenters. The summed E-state index contributed by atoms with van der Waals surface area (Å²) >= 11 is 0. The van der Waals surface area contributed by atoms with E-state index in [1.165, 1.54) is 11.4 Å². The van der Waals surface area contributed by atoms with Crippen LogP contribution in [0.1, 0.15) is 5.56 Å². The predicted molar refractivity (Wildman–Crippen MR) is 63.9 cm³/mol. The van der Waals surface area contributed by atoms with Crippen LogP contribution in [-0.4, -0.2) is 32.9 Å². The van der Waals surface area contributed by atoms with Crippen molar-refractivity contribution in [3.63, 3.8) is 0 Å². The number of hydrogen-bond donors (Lipinski definition) is 2. The molecule has 0 aliphatic rings. The molecule has 5 nitrogen and oxygen atoms in total. The third-order valence-corrected chi connectivity index (χ3v) is 3.69. The minimum atomic E-state index is -3.42. The van der Waals surface area contributed by atoms with Gasteiger partial charge < -0.3 is 5.73 Å². The Bertz CT molecular complexity index is 405. The van der Waals surface area contributed by atoms with Gasteiger partial charge in [-0.15, -0.1) is 0 Å². The van der Waals surface area contributed by atoms with Gasteiger partial charge in [-0.2, -0.15) is 12.7 Å². The van der Waals surface area contributed by atoms with Gasteiger partial charge in [0.15, 0.2) is 0 Å². The summed E-state index contributed by atoms with van der Waals surface area (Å²) in [4.78, 5) is 0. The van der Waals surface area contributed by atoms with Crippen LogP contribution in [0.25, 0.3) is 0 Å². The molecule has 0 saturated carbocycles. The standard InChI is InChI=1S/C10H17N3O2S/c1-12-16(14,15)13(8-7-11)9-10-5-3-2-4-6-10/h2-6,12H,7-9,11H2,1H3. The SMILES string of the molecule is CNS(=O)(=O)N(CCN)Cc1ccccc1.